The van der Waals surface area contributed by atoms with E-state index in [0.717, 1.165) is 49.4 Å². The van der Waals surface area contributed by atoms with E-state index in [2.05, 4.69) is 26.0 Å². The molecule has 2 aromatic rings. The van der Waals surface area contributed by atoms with E-state index in [1.54, 1.807) is 6.92 Å². The molecular formula is C34H44N2O4. The minimum absolute atomic E-state index is 0.0186. The van der Waals surface area contributed by atoms with Crippen molar-refractivity contribution in [2.45, 2.75) is 129 Å². The van der Waals surface area contributed by atoms with Crippen molar-refractivity contribution in [1.82, 2.24) is 9.47 Å². The number of aromatic nitrogens is 1. The van der Waals surface area contributed by atoms with Crippen LogP contribution in [0.5, 0.6) is 0 Å². The van der Waals surface area contributed by atoms with Crippen LogP contribution in [0.4, 0.5) is 0 Å². The van der Waals surface area contributed by atoms with Crippen LogP contribution in [0.1, 0.15) is 126 Å². The minimum Gasteiger partial charge on any atom is -0.337 e. The highest BCUT2D eigenvalue weighted by Gasteiger charge is 2.66. The summed E-state index contributed by atoms with van der Waals surface area (Å²) in [4.78, 5) is 54.9. The van der Waals surface area contributed by atoms with Gasteiger partial charge >= 0.3 is 0 Å². The first-order valence-corrected chi connectivity index (χ1v) is 15.5. The number of benzene rings is 1. The van der Waals surface area contributed by atoms with Crippen LogP contribution >= 0.6 is 0 Å². The summed E-state index contributed by atoms with van der Waals surface area (Å²) >= 11 is 0. The third-order valence-electron chi connectivity index (χ3n) is 10.4. The van der Waals surface area contributed by atoms with Crippen molar-refractivity contribution >= 4 is 34.2 Å². The molecule has 2 bridgehead atoms. The van der Waals surface area contributed by atoms with Crippen LogP contribution in [-0.2, 0) is 27.3 Å². The Labute approximate surface area is 237 Å². The molecule has 0 unspecified atom stereocenters. The Balaban J connectivity index is 1.42. The summed E-state index contributed by atoms with van der Waals surface area (Å²) in [6.07, 6.45) is 12.0. The fraction of sp³-hybridized carbons (Fsp3) is 0.647. The van der Waals surface area contributed by atoms with Gasteiger partial charge < -0.3 is 9.47 Å². The summed E-state index contributed by atoms with van der Waals surface area (Å²) in [7, 11) is 0. The van der Waals surface area contributed by atoms with Gasteiger partial charge in [-0.3, -0.25) is 19.2 Å². The molecule has 40 heavy (non-hydrogen) atoms. The van der Waals surface area contributed by atoms with E-state index in [4.69, 9.17) is 0 Å². The molecule has 3 atom stereocenters. The van der Waals surface area contributed by atoms with Crippen LogP contribution in [0.3, 0.4) is 0 Å². The molecule has 1 aromatic heterocycles. The van der Waals surface area contributed by atoms with Gasteiger partial charge in [-0.1, -0.05) is 33.3 Å². The number of Topliss-reactive ketones (excluding diaryl/α,β-unsaturated/α-hetero) is 3. The highest BCUT2D eigenvalue weighted by atomic mass is 16.2. The van der Waals surface area contributed by atoms with E-state index in [0.29, 0.717) is 42.9 Å². The Hall–Kier alpha value is -2.76. The summed E-state index contributed by atoms with van der Waals surface area (Å²) in [6, 6.07) is 4.14. The zero-order valence-electron chi connectivity index (χ0n) is 24.7. The molecule has 214 valence electrons. The highest BCUT2D eigenvalue weighted by Crippen LogP contribution is 2.62. The Kier molecular flexibility index (Phi) is 6.82. The normalized spacial score (nSPS) is 28.9. The second-order valence-electron chi connectivity index (χ2n) is 14.1. The fourth-order valence-electron chi connectivity index (χ4n) is 7.91. The van der Waals surface area contributed by atoms with E-state index in [9.17, 15) is 19.2 Å². The lowest BCUT2D eigenvalue weighted by Crippen LogP contribution is -2.44. The Bertz CT molecular complexity index is 1400. The summed E-state index contributed by atoms with van der Waals surface area (Å²) in [5.74, 6) is 0.956. The van der Waals surface area contributed by atoms with E-state index in [1.807, 2.05) is 22.6 Å². The molecule has 0 spiro atoms. The molecule has 6 heteroatoms. The summed E-state index contributed by atoms with van der Waals surface area (Å²) in [6.45, 7) is 8.03. The predicted molar refractivity (Wildman–Crippen MR) is 155 cm³/mol. The zero-order valence-corrected chi connectivity index (χ0v) is 24.7. The van der Waals surface area contributed by atoms with Gasteiger partial charge in [0.05, 0.1) is 11.6 Å². The summed E-state index contributed by atoms with van der Waals surface area (Å²) in [5, 5.41) is 0.965. The van der Waals surface area contributed by atoms with Crippen LogP contribution in [0.15, 0.2) is 18.3 Å². The minimum atomic E-state index is -0.406. The summed E-state index contributed by atoms with van der Waals surface area (Å²) < 4.78 is 2.00. The van der Waals surface area contributed by atoms with E-state index in [1.165, 1.54) is 24.0 Å². The number of hydrogen-bond acceptors (Lipinski definition) is 4. The number of amides is 1. The number of carbonyl (C=O) groups excluding carboxylic acids is 4. The molecule has 1 aromatic carbocycles. The average molecular weight is 545 g/mol. The smallest absolute Gasteiger partial charge is 0.243 e. The molecule has 2 aliphatic heterocycles. The van der Waals surface area contributed by atoms with Crippen molar-refractivity contribution in [3.05, 3.63) is 35.0 Å². The maximum atomic E-state index is 14.0. The number of ketones is 3. The number of hydrogen-bond donors (Lipinski definition) is 0. The van der Waals surface area contributed by atoms with Gasteiger partial charge in [-0.2, -0.15) is 0 Å². The molecule has 0 N–H and O–H groups in total. The third kappa shape index (κ3) is 4.96. The van der Waals surface area contributed by atoms with Gasteiger partial charge in [0.1, 0.15) is 12.3 Å². The van der Waals surface area contributed by atoms with Crippen molar-refractivity contribution < 1.29 is 19.2 Å². The fourth-order valence-corrected chi connectivity index (χ4v) is 7.91. The SMILES string of the molecule is CCC(=O)[C@@H]1C[C@]23CCC(=O)CC(C)(C)CCCCc4cc(C5CC5)cc5c(C(C)=O)cn(c45)CC(=O)N1[C@@H]2C3. The zero-order chi connectivity index (χ0) is 28.4. The van der Waals surface area contributed by atoms with Crippen LogP contribution < -0.4 is 0 Å². The van der Waals surface area contributed by atoms with E-state index < -0.39 is 6.04 Å². The number of rotatable bonds is 4. The van der Waals surface area contributed by atoms with Gasteiger partial charge in [0.25, 0.3) is 0 Å². The van der Waals surface area contributed by atoms with Crippen LogP contribution in [0.2, 0.25) is 0 Å². The Morgan fingerprint density at radius 1 is 1.02 bits per heavy atom. The molecule has 3 fully saturated rings. The van der Waals surface area contributed by atoms with Gasteiger partial charge in [0.15, 0.2) is 11.6 Å². The maximum absolute atomic E-state index is 14.0. The monoisotopic (exact) mass is 544 g/mol. The van der Waals surface area contributed by atoms with E-state index in [-0.39, 0.29) is 40.9 Å². The Morgan fingerprint density at radius 3 is 2.50 bits per heavy atom. The third-order valence-corrected chi connectivity index (χ3v) is 10.4. The molecule has 2 aliphatic carbocycles. The van der Waals surface area contributed by atoms with E-state index >= 15 is 0 Å². The molecule has 4 aliphatic rings. The second-order valence-corrected chi connectivity index (χ2v) is 14.1. The number of nitrogens with zero attached hydrogens (tertiary/aromatic N) is 2. The molecule has 6 nitrogen and oxygen atoms in total. The summed E-state index contributed by atoms with van der Waals surface area (Å²) in [5.41, 5.74) is 4.05. The van der Waals surface area contributed by atoms with Gasteiger partial charge in [0, 0.05) is 42.5 Å². The van der Waals surface area contributed by atoms with Crippen LogP contribution in [0, 0.1) is 10.8 Å². The van der Waals surface area contributed by atoms with Crippen molar-refractivity contribution in [3.63, 3.8) is 0 Å². The largest absolute Gasteiger partial charge is 0.337 e. The molecule has 1 amide bonds. The standard InChI is InChI=1S/C34H44N2O4/c1-5-29(39)28-17-34-13-11-25(38)16-33(3,4)12-7-6-8-23-14-24(22-9-10-22)15-26-27(21(2)37)19-35(32(23)26)20-31(40)36(28)30(34)18-34/h14-15,19,22,28,30H,5-13,16-18,20H2,1-4H3/t28-,30+,34-/m0/s1. The molecular weight excluding hydrogens is 500 g/mol. The number of aryl methyl sites for hydroxylation is 1. The van der Waals surface area contributed by atoms with Crippen molar-refractivity contribution in [1.29, 1.82) is 0 Å². The first kappa shape index (κ1) is 27.4. The predicted octanol–water partition coefficient (Wildman–Crippen LogP) is 6.55. The first-order valence-electron chi connectivity index (χ1n) is 15.5. The first-order chi connectivity index (χ1) is 19.0. The molecule has 6 rings (SSSR count). The van der Waals surface area contributed by atoms with Crippen molar-refractivity contribution in [2.75, 3.05) is 0 Å². The van der Waals surface area contributed by atoms with Gasteiger partial charge in [0.2, 0.25) is 5.91 Å². The molecule has 2 saturated carbocycles. The van der Waals surface area contributed by atoms with Crippen molar-refractivity contribution in [3.8, 4) is 0 Å². The van der Waals surface area contributed by atoms with Gasteiger partial charge in [-0.05, 0) is 92.2 Å². The van der Waals surface area contributed by atoms with Crippen LogP contribution in [-0.4, -0.2) is 44.8 Å². The number of piperidine rings is 1. The van der Waals surface area contributed by atoms with Gasteiger partial charge in [-0.25, -0.2) is 0 Å². The molecule has 0 radical (unpaired) electrons. The van der Waals surface area contributed by atoms with Crippen molar-refractivity contribution in [2.24, 2.45) is 10.8 Å². The lowest BCUT2D eigenvalue weighted by Gasteiger charge is -2.27. The average Bonchev–Trinajstić information content (AvgIpc) is 3.81. The topological polar surface area (TPSA) is 76.5 Å². The quantitative estimate of drug-likeness (QED) is 0.409. The highest BCUT2D eigenvalue weighted by molar-refractivity contribution is 6.08. The van der Waals surface area contributed by atoms with Crippen LogP contribution in [0.25, 0.3) is 10.9 Å². The maximum Gasteiger partial charge on any atom is 0.243 e. The number of carbonyl (C=O) groups is 4. The lowest BCUT2D eigenvalue weighted by molar-refractivity contribution is -0.139. The lowest BCUT2D eigenvalue weighted by atomic mass is 9.80. The molecule has 1 saturated heterocycles. The van der Waals surface area contributed by atoms with Gasteiger partial charge in [-0.15, -0.1) is 0 Å². The second kappa shape index (κ2) is 9.95. The Morgan fingerprint density at radius 2 is 1.80 bits per heavy atom. The molecule has 3 heterocycles.